The number of nitrogens with zero attached hydrogens (tertiary/aromatic N) is 1. The number of carboxylic acid groups (broad SMARTS) is 1. The summed E-state index contributed by atoms with van der Waals surface area (Å²) in [5.74, 6) is -0.648. The molecule has 0 radical (unpaired) electrons. The third-order valence-electron chi connectivity index (χ3n) is 6.39. The van der Waals surface area contributed by atoms with Gasteiger partial charge in [0.15, 0.2) is 8.32 Å². The average Bonchev–Trinajstić information content (AvgIpc) is 3.10. The second-order valence-electron chi connectivity index (χ2n) is 9.47. The molecule has 0 amide bonds. The number of aliphatic carboxylic acids is 1. The highest BCUT2D eigenvalue weighted by molar-refractivity contribution is 7.89. The monoisotopic (exact) mass is 497 g/mol. The molecule has 3 rings (SSSR count). The zero-order valence-electron chi connectivity index (χ0n) is 19.3. The summed E-state index contributed by atoms with van der Waals surface area (Å²) in [6.07, 6.45) is -0.427. The average molecular weight is 498 g/mol. The van der Waals surface area contributed by atoms with Gasteiger partial charge in [-0.1, -0.05) is 20.8 Å². The van der Waals surface area contributed by atoms with Gasteiger partial charge in [0.05, 0.1) is 18.1 Å². The Morgan fingerprint density at radius 2 is 1.81 bits per heavy atom. The van der Waals surface area contributed by atoms with E-state index < -0.39 is 36.5 Å². The fourth-order valence-corrected chi connectivity index (χ4v) is 7.28. The maximum Gasteiger partial charge on any atom is 0.322 e. The SMILES string of the molecule is COc1ccc(S(=O)(=O)N2C[C@@H](O[Si](C)(C)C(C)(C)C)c3ccsc3C[C@H]2C(=O)O)cc1. The van der Waals surface area contributed by atoms with Gasteiger partial charge in [0, 0.05) is 17.8 Å². The highest BCUT2D eigenvalue weighted by Crippen LogP contribution is 2.43. The van der Waals surface area contributed by atoms with E-state index in [4.69, 9.17) is 9.16 Å². The number of ether oxygens (including phenoxy) is 1. The molecule has 0 aliphatic carbocycles. The van der Waals surface area contributed by atoms with Gasteiger partial charge >= 0.3 is 5.97 Å². The number of carbonyl (C=O) groups is 1. The van der Waals surface area contributed by atoms with Crippen molar-refractivity contribution >= 4 is 35.6 Å². The third kappa shape index (κ3) is 4.79. The quantitative estimate of drug-likeness (QED) is 0.590. The Kier molecular flexibility index (Phi) is 6.93. The van der Waals surface area contributed by atoms with Crippen molar-refractivity contribution in [2.45, 2.75) is 62.4 Å². The molecule has 0 bridgehead atoms. The van der Waals surface area contributed by atoms with Crippen molar-refractivity contribution in [2.75, 3.05) is 13.7 Å². The molecular weight excluding hydrogens is 466 g/mol. The predicted molar refractivity (Wildman–Crippen MR) is 127 cm³/mol. The minimum Gasteiger partial charge on any atom is -0.497 e. The summed E-state index contributed by atoms with van der Waals surface area (Å²) in [4.78, 5) is 13.1. The van der Waals surface area contributed by atoms with Gasteiger partial charge in [-0.3, -0.25) is 4.79 Å². The number of thiophene rings is 1. The lowest BCUT2D eigenvalue weighted by atomic mass is 10.1. The molecule has 176 valence electrons. The standard InChI is InChI=1S/C22H31NO6S2Si/c1-22(2,3)32(5,6)29-19-14-23(18(21(24)25)13-20-17(19)11-12-30-20)31(26,27)16-9-7-15(28-4)8-10-16/h7-12,18-19H,13-14H2,1-6H3,(H,24,25)/t18-,19+/m0/s1. The Morgan fingerprint density at radius 1 is 1.19 bits per heavy atom. The minimum absolute atomic E-state index is 0.0286. The van der Waals surface area contributed by atoms with Crippen LogP contribution in [0.5, 0.6) is 5.75 Å². The van der Waals surface area contributed by atoms with Crippen LogP contribution in [-0.4, -0.2) is 51.8 Å². The van der Waals surface area contributed by atoms with Crippen molar-refractivity contribution in [2.24, 2.45) is 0 Å². The summed E-state index contributed by atoms with van der Waals surface area (Å²) in [5, 5.41) is 11.8. The molecule has 7 nitrogen and oxygen atoms in total. The summed E-state index contributed by atoms with van der Waals surface area (Å²) in [6.45, 7) is 10.5. The van der Waals surface area contributed by atoms with Crippen molar-refractivity contribution in [3.05, 3.63) is 46.2 Å². The van der Waals surface area contributed by atoms with E-state index in [-0.39, 0.29) is 22.9 Å². The fraction of sp³-hybridized carbons (Fsp3) is 0.500. The molecule has 1 aliphatic heterocycles. The van der Waals surface area contributed by atoms with Gasteiger partial charge in [0.25, 0.3) is 0 Å². The molecule has 0 fully saturated rings. The Bertz CT molecular complexity index is 1070. The number of fused-ring (bicyclic) bond motifs is 1. The Morgan fingerprint density at radius 3 is 2.34 bits per heavy atom. The van der Waals surface area contributed by atoms with Crippen LogP contribution >= 0.6 is 11.3 Å². The van der Waals surface area contributed by atoms with Gasteiger partial charge in [-0.25, -0.2) is 8.42 Å². The largest absolute Gasteiger partial charge is 0.497 e. The third-order valence-corrected chi connectivity index (χ3v) is 13.7. The van der Waals surface area contributed by atoms with Gasteiger partial charge < -0.3 is 14.3 Å². The zero-order chi connectivity index (χ0) is 23.9. The van der Waals surface area contributed by atoms with Crippen molar-refractivity contribution in [1.29, 1.82) is 0 Å². The summed E-state index contributed by atoms with van der Waals surface area (Å²) in [7, 11) is -4.85. The first kappa shape index (κ1) is 24.9. The maximum absolute atomic E-state index is 13.6. The molecule has 1 aromatic heterocycles. The normalized spacial score (nSPS) is 20.4. The molecule has 32 heavy (non-hydrogen) atoms. The summed E-state index contributed by atoms with van der Waals surface area (Å²) < 4.78 is 40.1. The van der Waals surface area contributed by atoms with Crippen LogP contribution in [0.25, 0.3) is 0 Å². The van der Waals surface area contributed by atoms with Crippen molar-refractivity contribution < 1.29 is 27.5 Å². The van der Waals surface area contributed by atoms with Crippen LogP contribution in [-0.2, 0) is 25.7 Å². The van der Waals surface area contributed by atoms with Gasteiger partial charge in [-0.05, 0) is 59.4 Å². The predicted octanol–water partition coefficient (Wildman–Crippen LogP) is 4.52. The van der Waals surface area contributed by atoms with E-state index in [1.54, 1.807) is 12.1 Å². The first-order valence-electron chi connectivity index (χ1n) is 10.4. The number of carboxylic acids is 1. The number of benzene rings is 1. The Balaban J connectivity index is 2.07. The number of rotatable bonds is 6. The van der Waals surface area contributed by atoms with Crippen LogP contribution in [0.15, 0.2) is 40.6 Å². The van der Waals surface area contributed by atoms with E-state index in [0.717, 1.165) is 14.7 Å². The first-order valence-corrected chi connectivity index (χ1v) is 15.6. The number of methoxy groups -OCH3 is 1. The van der Waals surface area contributed by atoms with E-state index in [1.165, 1.54) is 30.6 Å². The topological polar surface area (TPSA) is 93.1 Å². The van der Waals surface area contributed by atoms with Crippen LogP contribution in [0.3, 0.4) is 0 Å². The summed E-state index contributed by atoms with van der Waals surface area (Å²) >= 11 is 1.44. The maximum atomic E-state index is 13.6. The molecule has 0 spiro atoms. The number of hydrogen-bond donors (Lipinski definition) is 1. The molecule has 1 aliphatic rings. The fourth-order valence-electron chi connectivity index (χ4n) is 3.46. The molecule has 1 N–H and O–H groups in total. The Labute approximate surface area is 195 Å². The van der Waals surface area contributed by atoms with Gasteiger partial charge in [0.2, 0.25) is 10.0 Å². The Hall–Kier alpha value is -1.72. The van der Waals surface area contributed by atoms with Crippen LogP contribution < -0.4 is 4.74 Å². The second-order valence-corrected chi connectivity index (χ2v) is 17.1. The van der Waals surface area contributed by atoms with Crippen molar-refractivity contribution in [1.82, 2.24) is 4.31 Å². The molecule has 2 aromatic rings. The lowest BCUT2D eigenvalue weighted by Gasteiger charge is -2.40. The van der Waals surface area contributed by atoms with Gasteiger partial charge in [-0.2, -0.15) is 4.31 Å². The second kappa shape index (κ2) is 8.90. The lowest BCUT2D eigenvalue weighted by molar-refractivity contribution is -0.141. The van der Waals surface area contributed by atoms with Crippen LogP contribution in [0.4, 0.5) is 0 Å². The summed E-state index contributed by atoms with van der Waals surface area (Å²) in [5.41, 5.74) is 0.888. The summed E-state index contributed by atoms with van der Waals surface area (Å²) in [6, 6.07) is 6.71. The van der Waals surface area contributed by atoms with E-state index in [1.807, 2.05) is 11.4 Å². The first-order chi connectivity index (χ1) is 14.8. The van der Waals surface area contributed by atoms with Crippen LogP contribution in [0, 0.1) is 0 Å². The molecule has 0 saturated carbocycles. The van der Waals surface area contributed by atoms with Crippen molar-refractivity contribution in [3.63, 3.8) is 0 Å². The molecule has 10 heteroatoms. The van der Waals surface area contributed by atoms with E-state index in [0.29, 0.717) is 5.75 Å². The molecule has 2 atom stereocenters. The van der Waals surface area contributed by atoms with Crippen LogP contribution in [0.1, 0.15) is 37.3 Å². The van der Waals surface area contributed by atoms with Gasteiger partial charge in [-0.15, -0.1) is 11.3 Å². The van der Waals surface area contributed by atoms with E-state index in [9.17, 15) is 18.3 Å². The smallest absolute Gasteiger partial charge is 0.322 e. The van der Waals surface area contributed by atoms with Crippen LogP contribution in [0.2, 0.25) is 18.1 Å². The lowest BCUT2D eigenvalue weighted by Crippen LogP contribution is -2.48. The number of sulfonamides is 1. The minimum atomic E-state index is -4.09. The molecule has 2 heterocycles. The molecule has 0 saturated heterocycles. The van der Waals surface area contributed by atoms with E-state index >= 15 is 0 Å². The molecular formula is C22H31NO6S2Si. The molecule has 1 aromatic carbocycles. The van der Waals surface area contributed by atoms with E-state index in [2.05, 4.69) is 33.9 Å². The zero-order valence-corrected chi connectivity index (χ0v) is 21.9. The number of hydrogen-bond acceptors (Lipinski definition) is 6. The highest BCUT2D eigenvalue weighted by Gasteiger charge is 2.45. The highest BCUT2D eigenvalue weighted by atomic mass is 32.2. The van der Waals surface area contributed by atoms with Gasteiger partial charge in [0.1, 0.15) is 11.8 Å². The van der Waals surface area contributed by atoms with Crippen molar-refractivity contribution in [3.8, 4) is 5.75 Å². The molecule has 0 unspecified atom stereocenters.